The summed E-state index contributed by atoms with van der Waals surface area (Å²) in [4.78, 5) is 48.3. The van der Waals surface area contributed by atoms with E-state index in [1.165, 1.54) is 0 Å². The van der Waals surface area contributed by atoms with Crippen molar-refractivity contribution in [1.82, 2.24) is 0 Å². The van der Waals surface area contributed by atoms with E-state index >= 15 is 0 Å². The first-order chi connectivity index (χ1) is 15.9. The summed E-state index contributed by atoms with van der Waals surface area (Å²) >= 11 is 0. The molecule has 0 aromatic rings. The standard InChI is InChI=1S/C25H34O9.2Na.2H/c1-23-11-17(28)22-15(16(23)7-8-25(23,33)18(29)12-26)4-3-13-9-14(27)10-19(24(13,22)2)34-21(32)6-5-20(30)31;;;;/h9,15-17,19,22,26,28,33H,3-8,10-12H2,1-2H3,(H,30,31);;;;/q;2*+1;2*-1/t15-,16-,17-,19?,22+,23-,24+,25-;;;;/m0..../s1. The Bertz CT molecular complexity index is 963. The molecule has 4 N–H and O–H groups in total. The molecule has 0 saturated heterocycles. The van der Waals surface area contributed by atoms with Crippen LogP contribution in [0.15, 0.2) is 11.6 Å². The molecule has 0 aromatic carbocycles. The number of fused-ring (bicyclic) bond motifs is 5. The van der Waals surface area contributed by atoms with Gasteiger partial charge in [0.15, 0.2) is 11.6 Å². The molecule has 0 aliphatic heterocycles. The number of rotatable bonds is 6. The number of hydrogen-bond donors (Lipinski definition) is 4. The van der Waals surface area contributed by atoms with Crippen LogP contribution in [0.1, 0.15) is 68.1 Å². The average Bonchev–Trinajstić information content (AvgIpc) is 3.03. The molecule has 0 amide bonds. The van der Waals surface area contributed by atoms with Crippen molar-refractivity contribution in [3.8, 4) is 0 Å². The Morgan fingerprint density at radius 2 is 1.83 bits per heavy atom. The average molecular weight is 527 g/mol. The molecule has 0 spiro atoms. The summed E-state index contributed by atoms with van der Waals surface area (Å²) in [5.41, 5.74) is -2.61. The number of hydrogen-bond acceptors (Lipinski definition) is 8. The van der Waals surface area contributed by atoms with Crippen molar-refractivity contribution in [3.05, 3.63) is 11.6 Å². The number of aliphatic hydroxyl groups is 3. The van der Waals surface area contributed by atoms with E-state index in [1.807, 2.05) is 13.8 Å². The second kappa shape index (κ2) is 11.6. The van der Waals surface area contributed by atoms with E-state index in [9.17, 15) is 34.5 Å². The summed E-state index contributed by atoms with van der Waals surface area (Å²) in [5.74, 6) is -3.12. The van der Waals surface area contributed by atoms with Crippen molar-refractivity contribution in [2.75, 3.05) is 6.61 Å². The summed E-state index contributed by atoms with van der Waals surface area (Å²) < 4.78 is 5.70. The minimum absolute atomic E-state index is 0. The van der Waals surface area contributed by atoms with Gasteiger partial charge in [0.25, 0.3) is 0 Å². The molecule has 1 unspecified atom stereocenters. The Morgan fingerprint density at radius 3 is 2.44 bits per heavy atom. The largest absolute Gasteiger partial charge is 1.00 e. The third kappa shape index (κ3) is 4.97. The van der Waals surface area contributed by atoms with Crippen LogP contribution in [0.3, 0.4) is 0 Å². The van der Waals surface area contributed by atoms with Crippen LogP contribution in [0, 0.1) is 28.6 Å². The molecule has 11 heteroatoms. The van der Waals surface area contributed by atoms with Crippen LogP contribution >= 0.6 is 0 Å². The summed E-state index contributed by atoms with van der Waals surface area (Å²) in [6.45, 7) is 2.96. The van der Waals surface area contributed by atoms with Crippen molar-refractivity contribution < 1.29 is 106 Å². The Labute approximate surface area is 258 Å². The van der Waals surface area contributed by atoms with Gasteiger partial charge in [-0.05, 0) is 50.0 Å². The van der Waals surface area contributed by atoms with Crippen LogP contribution in [0.2, 0.25) is 0 Å². The van der Waals surface area contributed by atoms with Crippen molar-refractivity contribution in [1.29, 1.82) is 0 Å². The first kappa shape index (κ1) is 32.1. The zero-order chi connectivity index (χ0) is 25.1. The monoisotopic (exact) mass is 526 g/mol. The van der Waals surface area contributed by atoms with E-state index in [-0.39, 0.29) is 118 Å². The van der Waals surface area contributed by atoms with Crippen LogP contribution in [0.4, 0.5) is 0 Å². The molecule has 0 radical (unpaired) electrons. The Kier molecular flexibility index (Phi) is 10.3. The minimum atomic E-state index is -1.71. The van der Waals surface area contributed by atoms with Crippen LogP contribution < -0.4 is 59.1 Å². The summed E-state index contributed by atoms with van der Waals surface area (Å²) in [5, 5.41) is 41.2. The van der Waals surface area contributed by atoms with Crippen molar-refractivity contribution >= 4 is 23.5 Å². The molecule has 4 aliphatic rings. The van der Waals surface area contributed by atoms with Gasteiger partial charge in [-0.2, -0.15) is 0 Å². The number of ether oxygens (including phenoxy) is 1. The van der Waals surface area contributed by atoms with Crippen molar-refractivity contribution in [2.45, 2.75) is 83.0 Å². The number of carboxylic acid groups (broad SMARTS) is 1. The van der Waals surface area contributed by atoms with Gasteiger partial charge < -0.3 is 28.0 Å². The third-order valence-corrected chi connectivity index (χ3v) is 9.55. The van der Waals surface area contributed by atoms with E-state index in [1.54, 1.807) is 6.08 Å². The molecule has 3 saturated carbocycles. The normalized spacial score (nSPS) is 40.9. The van der Waals surface area contributed by atoms with Gasteiger partial charge >= 0.3 is 71.1 Å². The number of carbonyl (C=O) groups is 4. The second-order valence-corrected chi connectivity index (χ2v) is 11.0. The molecule has 4 rings (SSSR count). The molecule has 4 aliphatic carbocycles. The fourth-order valence-corrected chi connectivity index (χ4v) is 7.89. The Balaban J connectivity index is 0.00000342. The molecule has 36 heavy (non-hydrogen) atoms. The first-order valence-electron chi connectivity index (χ1n) is 12.1. The maximum atomic E-state index is 12.5. The van der Waals surface area contributed by atoms with E-state index in [0.29, 0.717) is 19.3 Å². The van der Waals surface area contributed by atoms with Gasteiger partial charge in [0.2, 0.25) is 0 Å². The van der Waals surface area contributed by atoms with Gasteiger partial charge in [0.05, 0.1) is 18.9 Å². The topological polar surface area (TPSA) is 158 Å². The van der Waals surface area contributed by atoms with Crippen LogP contribution in [-0.4, -0.2) is 68.3 Å². The molecule has 9 nitrogen and oxygen atoms in total. The maximum Gasteiger partial charge on any atom is 1.00 e. The predicted octanol–water partition coefficient (Wildman–Crippen LogP) is -4.60. The third-order valence-electron chi connectivity index (χ3n) is 9.55. The summed E-state index contributed by atoms with van der Waals surface area (Å²) in [7, 11) is 0. The number of ketones is 2. The second-order valence-electron chi connectivity index (χ2n) is 11.0. The first-order valence-corrected chi connectivity index (χ1v) is 12.1. The van der Waals surface area contributed by atoms with E-state index in [2.05, 4.69) is 0 Å². The fourth-order valence-electron chi connectivity index (χ4n) is 7.89. The fraction of sp³-hybridized carbons (Fsp3) is 0.760. The maximum absolute atomic E-state index is 12.5. The van der Waals surface area contributed by atoms with Gasteiger partial charge in [-0.3, -0.25) is 19.2 Å². The zero-order valence-corrected chi connectivity index (χ0v) is 25.7. The smallest absolute Gasteiger partial charge is 1.00 e. The number of carboxylic acids is 1. The van der Waals surface area contributed by atoms with E-state index in [0.717, 1.165) is 5.57 Å². The zero-order valence-electron chi connectivity index (χ0n) is 23.7. The molecule has 8 atom stereocenters. The van der Waals surface area contributed by atoms with Gasteiger partial charge in [-0.1, -0.05) is 19.4 Å². The molecular formula is C25H36Na2O9. The van der Waals surface area contributed by atoms with E-state index < -0.39 is 53.0 Å². The number of esters is 1. The van der Waals surface area contributed by atoms with Gasteiger partial charge in [0.1, 0.15) is 18.3 Å². The van der Waals surface area contributed by atoms with Gasteiger partial charge in [0, 0.05) is 23.2 Å². The Hall–Kier alpha value is -0.100. The van der Waals surface area contributed by atoms with E-state index in [4.69, 9.17) is 9.84 Å². The quantitative estimate of drug-likeness (QED) is 0.197. The molecule has 3 fully saturated rings. The molecule has 192 valence electrons. The van der Waals surface area contributed by atoms with Gasteiger partial charge in [-0.25, -0.2) is 0 Å². The van der Waals surface area contributed by atoms with Crippen LogP contribution in [-0.2, 0) is 23.9 Å². The summed E-state index contributed by atoms with van der Waals surface area (Å²) in [6.07, 6.45) is 1.31. The van der Waals surface area contributed by atoms with Crippen molar-refractivity contribution in [2.24, 2.45) is 28.6 Å². The number of Topliss-reactive ketones (excluding diaryl/α,β-unsaturated/α-hetero) is 1. The van der Waals surface area contributed by atoms with Crippen LogP contribution in [0.25, 0.3) is 0 Å². The minimum Gasteiger partial charge on any atom is -1.00 e. The van der Waals surface area contributed by atoms with Crippen molar-refractivity contribution in [3.63, 3.8) is 0 Å². The summed E-state index contributed by atoms with van der Waals surface area (Å²) in [6, 6.07) is 0. The Morgan fingerprint density at radius 1 is 1.17 bits per heavy atom. The molecular weight excluding hydrogens is 490 g/mol. The number of aliphatic hydroxyl groups excluding tert-OH is 2. The molecule has 0 bridgehead atoms. The number of aliphatic carboxylic acids is 1. The SMILES string of the molecule is C[C@]12C[C@H](O)[C@H]3[C@@H](CCC4=CC(=O)CC(OC(=O)CCC(=O)O)[C@@]43C)[C@@H]1CC[C@]2(O)C(=O)CO.[H-].[H-].[Na+].[Na+]. The van der Waals surface area contributed by atoms with Gasteiger partial charge in [-0.15, -0.1) is 0 Å². The van der Waals surface area contributed by atoms with Crippen LogP contribution in [0.5, 0.6) is 0 Å². The number of carbonyl (C=O) groups excluding carboxylic acids is 3. The molecule has 0 heterocycles. The predicted molar refractivity (Wildman–Crippen MR) is 119 cm³/mol. The molecule has 0 aromatic heterocycles.